The van der Waals surface area contributed by atoms with Gasteiger partial charge in [0, 0.05) is 23.7 Å². The number of carbonyl (C=O) groups is 1. The molecule has 0 fully saturated rings. The van der Waals surface area contributed by atoms with Gasteiger partial charge in [0.2, 0.25) is 5.91 Å². The molecule has 1 unspecified atom stereocenters. The first-order valence-electron chi connectivity index (χ1n) is 7.26. The van der Waals surface area contributed by atoms with Crippen LogP contribution in [0.2, 0.25) is 0 Å². The molecule has 0 saturated carbocycles. The molecule has 1 amide bonds. The van der Waals surface area contributed by atoms with Gasteiger partial charge in [-0.2, -0.15) is 13.2 Å². The summed E-state index contributed by atoms with van der Waals surface area (Å²) in [6.45, 7) is 0.155. The molecule has 2 aromatic carbocycles. The molecule has 1 aliphatic heterocycles. The second-order valence-electron chi connectivity index (χ2n) is 5.68. The summed E-state index contributed by atoms with van der Waals surface area (Å²) in [7, 11) is 0. The molecule has 0 saturated heterocycles. The Bertz CT molecular complexity index is 788. The Labute approximate surface area is 135 Å². The van der Waals surface area contributed by atoms with Crippen LogP contribution in [0.5, 0.6) is 0 Å². The molecule has 0 aromatic heterocycles. The minimum atomic E-state index is -4.64. The van der Waals surface area contributed by atoms with Gasteiger partial charge in [-0.05, 0) is 29.3 Å². The average molecular weight is 338 g/mol. The lowest BCUT2D eigenvalue weighted by molar-refractivity contribution is -0.157. The van der Waals surface area contributed by atoms with Gasteiger partial charge in [-0.3, -0.25) is 4.79 Å². The summed E-state index contributed by atoms with van der Waals surface area (Å²) in [4.78, 5) is 11.2. The highest BCUT2D eigenvalue weighted by Gasteiger charge is 2.49. The van der Waals surface area contributed by atoms with Crippen molar-refractivity contribution in [1.82, 2.24) is 5.32 Å². The van der Waals surface area contributed by atoms with Crippen LogP contribution >= 0.6 is 0 Å². The Balaban J connectivity index is 2.07. The first-order chi connectivity index (χ1) is 11.3. The van der Waals surface area contributed by atoms with Gasteiger partial charge in [0.25, 0.3) is 0 Å². The summed E-state index contributed by atoms with van der Waals surface area (Å²) >= 11 is 0. The maximum atomic E-state index is 14.0. The summed E-state index contributed by atoms with van der Waals surface area (Å²) in [5.74, 6) is -3.58. The minimum absolute atomic E-state index is 0.155. The van der Waals surface area contributed by atoms with E-state index in [9.17, 15) is 22.4 Å². The second kappa shape index (κ2) is 5.90. The SMILES string of the molecule is NC(=O)c1ccc2c(c1)CNC2[C@@H](c1ccccc1F)C(F)(F)F. The van der Waals surface area contributed by atoms with E-state index in [1.807, 2.05) is 0 Å². The lowest BCUT2D eigenvalue weighted by atomic mass is 9.86. The fourth-order valence-electron chi connectivity index (χ4n) is 3.11. The van der Waals surface area contributed by atoms with Crippen molar-refractivity contribution < 1.29 is 22.4 Å². The molecular weight excluding hydrogens is 324 g/mol. The molecular formula is C17H14F4N2O. The minimum Gasteiger partial charge on any atom is -0.366 e. The Morgan fingerprint density at radius 1 is 1.21 bits per heavy atom. The van der Waals surface area contributed by atoms with Gasteiger partial charge >= 0.3 is 6.18 Å². The van der Waals surface area contributed by atoms with Crippen LogP contribution in [0.1, 0.15) is 39.0 Å². The number of halogens is 4. The lowest BCUT2D eigenvalue weighted by Gasteiger charge is -2.27. The first-order valence-corrected chi connectivity index (χ1v) is 7.26. The lowest BCUT2D eigenvalue weighted by Crippen LogP contribution is -2.32. The number of hydrogen-bond acceptors (Lipinski definition) is 2. The number of primary amides is 1. The third-order valence-electron chi connectivity index (χ3n) is 4.20. The molecule has 7 heteroatoms. The summed E-state index contributed by atoms with van der Waals surface area (Å²) in [6.07, 6.45) is -4.64. The zero-order valence-corrected chi connectivity index (χ0v) is 12.4. The van der Waals surface area contributed by atoms with Crippen LogP contribution in [-0.4, -0.2) is 12.1 Å². The topological polar surface area (TPSA) is 55.1 Å². The Kier molecular flexibility index (Phi) is 4.04. The van der Waals surface area contributed by atoms with Gasteiger partial charge in [-0.1, -0.05) is 24.3 Å². The standard InChI is InChI=1S/C17H14F4N2O/c18-13-4-2-1-3-12(13)14(17(19,20)21)15-11-6-5-9(16(22)24)7-10(11)8-23-15/h1-7,14-15,23H,8H2,(H2,22,24)/t14-,15?/m1/s1. The molecule has 1 aliphatic rings. The molecule has 0 radical (unpaired) electrons. The molecule has 2 aromatic rings. The molecule has 3 rings (SSSR count). The summed E-state index contributed by atoms with van der Waals surface area (Å²) in [5, 5.41) is 2.78. The first kappa shape index (κ1) is 16.4. The number of alkyl halides is 3. The molecule has 126 valence electrons. The highest BCUT2D eigenvalue weighted by atomic mass is 19.4. The van der Waals surface area contributed by atoms with E-state index >= 15 is 0 Å². The van der Waals surface area contributed by atoms with Gasteiger partial charge in [-0.25, -0.2) is 4.39 Å². The number of fused-ring (bicyclic) bond motifs is 1. The van der Waals surface area contributed by atoms with Crippen molar-refractivity contribution in [2.45, 2.75) is 24.7 Å². The smallest absolute Gasteiger partial charge is 0.366 e. The monoisotopic (exact) mass is 338 g/mol. The number of hydrogen-bond donors (Lipinski definition) is 2. The molecule has 3 nitrogen and oxygen atoms in total. The number of benzene rings is 2. The van der Waals surface area contributed by atoms with E-state index < -0.39 is 35.4 Å². The molecule has 2 atom stereocenters. The van der Waals surface area contributed by atoms with Crippen molar-refractivity contribution in [3.05, 3.63) is 70.5 Å². The zero-order valence-electron chi connectivity index (χ0n) is 12.4. The molecule has 0 aliphatic carbocycles. The van der Waals surface area contributed by atoms with Crippen LogP contribution in [0.4, 0.5) is 17.6 Å². The van der Waals surface area contributed by atoms with E-state index in [1.165, 1.54) is 30.3 Å². The van der Waals surface area contributed by atoms with E-state index in [0.717, 1.165) is 12.1 Å². The Morgan fingerprint density at radius 3 is 2.54 bits per heavy atom. The third-order valence-corrected chi connectivity index (χ3v) is 4.20. The highest BCUT2D eigenvalue weighted by Crippen LogP contribution is 2.47. The molecule has 0 spiro atoms. The van der Waals surface area contributed by atoms with Crippen LogP contribution in [-0.2, 0) is 6.54 Å². The normalized spacial score (nSPS) is 18.2. The molecule has 1 heterocycles. The predicted molar refractivity (Wildman–Crippen MR) is 79.7 cm³/mol. The van der Waals surface area contributed by atoms with Gasteiger partial charge in [0.15, 0.2) is 0 Å². The molecule has 0 bridgehead atoms. The van der Waals surface area contributed by atoms with Crippen LogP contribution < -0.4 is 11.1 Å². The summed E-state index contributed by atoms with van der Waals surface area (Å²) in [6, 6.07) is 8.06. The number of nitrogens with one attached hydrogen (secondary N) is 1. The van der Waals surface area contributed by atoms with E-state index in [-0.39, 0.29) is 12.1 Å². The maximum Gasteiger partial charge on any atom is 0.397 e. The summed E-state index contributed by atoms with van der Waals surface area (Å²) < 4.78 is 55.0. The van der Waals surface area contributed by atoms with E-state index in [1.54, 1.807) is 0 Å². The molecule has 3 N–H and O–H groups in total. The predicted octanol–water partition coefficient (Wildman–Crippen LogP) is 3.42. The summed E-state index contributed by atoms with van der Waals surface area (Å²) in [5.41, 5.74) is 5.96. The van der Waals surface area contributed by atoms with Crippen molar-refractivity contribution >= 4 is 5.91 Å². The van der Waals surface area contributed by atoms with Crippen LogP contribution in [0, 0.1) is 5.82 Å². The van der Waals surface area contributed by atoms with Crippen molar-refractivity contribution in [2.75, 3.05) is 0 Å². The van der Waals surface area contributed by atoms with Crippen molar-refractivity contribution in [2.24, 2.45) is 5.73 Å². The van der Waals surface area contributed by atoms with Gasteiger partial charge < -0.3 is 11.1 Å². The van der Waals surface area contributed by atoms with Crippen LogP contribution in [0.3, 0.4) is 0 Å². The van der Waals surface area contributed by atoms with Gasteiger partial charge in [-0.15, -0.1) is 0 Å². The fourth-order valence-corrected chi connectivity index (χ4v) is 3.11. The fraction of sp³-hybridized carbons (Fsp3) is 0.235. The second-order valence-corrected chi connectivity index (χ2v) is 5.68. The maximum absolute atomic E-state index is 14.0. The quantitative estimate of drug-likeness (QED) is 0.843. The number of amides is 1. The third kappa shape index (κ3) is 2.87. The average Bonchev–Trinajstić information content (AvgIpc) is 2.91. The molecule has 24 heavy (non-hydrogen) atoms. The Hall–Kier alpha value is -2.41. The van der Waals surface area contributed by atoms with Crippen LogP contribution in [0.15, 0.2) is 42.5 Å². The van der Waals surface area contributed by atoms with Gasteiger partial charge in [0.1, 0.15) is 11.7 Å². The van der Waals surface area contributed by atoms with Gasteiger partial charge in [0.05, 0.1) is 0 Å². The van der Waals surface area contributed by atoms with Crippen molar-refractivity contribution in [1.29, 1.82) is 0 Å². The Morgan fingerprint density at radius 2 is 1.92 bits per heavy atom. The van der Waals surface area contributed by atoms with E-state index in [0.29, 0.717) is 11.1 Å². The van der Waals surface area contributed by atoms with Crippen LogP contribution in [0.25, 0.3) is 0 Å². The van der Waals surface area contributed by atoms with E-state index in [2.05, 4.69) is 5.32 Å². The number of carbonyl (C=O) groups excluding carboxylic acids is 1. The van der Waals surface area contributed by atoms with Crippen molar-refractivity contribution in [3.8, 4) is 0 Å². The van der Waals surface area contributed by atoms with Crippen molar-refractivity contribution in [3.63, 3.8) is 0 Å². The number of rotatable bonds is 3. The highest BCUT2D eigenvalue weighted by molar-refractivity contribution is 5.93. The number of nitrogens with two attached hydrogens (primary N) is 1. The largest absolute Gasteiger partial charge is 0.397 e. The van der Waals surface area contributed by atoms with E-state index in [4.69, 9.17) is 5.73 Å². The zero-order chi connectivity index (χ0) is 17.5.